The van der Waals surface area contributed by atoms with Gasteiger partial charge in [-0.3, -0.25) is 0 Å². The highest BCUT2D eigenvalue weighted by Crippen LogP contribution is 2.44. The zero-order valence-corrected chi connectivity index (χ0v) is 8.29. The Bertz CT molecular complexity index is 363. The summed E-state index contributed by atoms with van der Waals surface area (Å²) in [5, 5.41) is 0. The Kier molecular flexibility index (Phi) is 2.11. The first-order valence-corrected chi connectivity index (χ1v) is 4.44. The Morgan fingerprint density at radius 3 is 2.79 bits per heavy atom. The fourth-order valence-electron chi connectivity index (χ4n) is 1.73. The normalized spacial score (nSPS) is 13.3. The van der Waals surface area contributed by atoms with Gasteiger partial charge >= 0.3 is 0 Å². The number of rotatable bonds is 2. The predicted octanol–water partition coefficient (Wildman–Crippen LogP) is 1.22. The second kappa shape index (κ2) is 3.29. The third-order valence-electron chi connectivity index (χ3n) is 2.34. The van der Waals surface area contributed by atoms with Gasteiger partial charge < -0.3 is 19.9 Å². The topological polar surface area (TPSA) is 53.7 Å². The van der Waals surface area contributed by atoms with Crippen LogP contribution in [0.15, 0.2) is 6.07 Å². The monoisotopic (exact) mass is 195 g/mol. The number of nitrogens with two attached hydrogens (primary N) is 1. The molecule has 0 radical (unpaired) electrons. The summed E-state index contributed by atoms with van der Waals surface area (Å²) in [6.45, 7) is 0.656. The van der Waals surface area contributed by atoms with Crippen molar-refractivity contribution in [3.8, 4) is 17.2 Å². The number of hydrogen-bond donors (Lipinski definition) is 1. The highest BCUT2D eigenvalue weighted by Gasteiger charge is 2.23. The van der Waals surface area contributed by atoms with Crippen LogP contribution in [0.25, 0.3) is 0 Å². The zero-order valence-electron chi connectivity index (χ0n) is 8.29. The van der Waals surface area contributed by atoms with Crippen molar-refractivity contribution < 1.29 is 14.2 Å². The van der Waals surface area contributed by atoms with Gasteiger partial charge in [0, 0.05) is 18.1 Å². The van der Waals surface area contributed by atoms with E-state index in [4.69, 9.17) is 19.9 Å². The molecule has 0 spiro atoms. The van der Waals surface area contributed by atoms with E-state index in [1.54, 1.807) is 20.3 Å². The maximum Gasteiger partial charge on any atom is 0.167 e. The van der Waals surface area contributed by atoms with Crippen LogP contribution in [-0.4, -0.2) is 20.8 Å². The van der Waals surface area contributed by atoms with Crippen molar-refractivity contribution in [1.82, 2.24) is 0 Å². The van der Waals surface area contributed by atoms with Gasteiger partial charge in [0.05, 0.1) is 26.5 Å². The molecule has 1 aliphatic rings. The lowest BCUT2D eigenvalue weighted by Gasteiger charge is -2.12. The summed E-state index contributed by atoms with van der Waals surface area (Å²) in [7, 11) is 3.21. The summed E-state index contributed by atoms with van der Waals surface area (Å²) in [5.74, 6) is 2.13. The second-order valence-corrected chi connectivity index (χ2v) is 3.11. The molecule has 0 saturated carbocycles. The van der Waals surface area contributed by atoms with Crippen molar-refractivity contribution in [2.45, 2.75) is 6.42 Å². The highest BCUT2D eigenvalue weighted by atomic mass is 16.5. The van der Waals surface area contributed by atoms with Gasteiger partial charge in [-0.1, -0.05) is 0 Å². The summed E-state index contributed by atoms with van der Waals surface area (Å²) >= 11 is 0. The van der Waals surface area contributed by atoms with E-state index in [1.165, 1.54) is 0 Å². The molecule has 14 heavy (non-hydrogen) atoms. The van der Waals surface area contributed by atoms with E-state index >= 15 is 0 Å². The molecule has 0 saturated heterocycles. The lowest BCUT2D eigenvalue weighted by Crippen LogP contribution is -1.97. The molecule has 0 aromatic heterocycles. The summed E-state index contributed by atoms with van der Waals surface area (Å²) in [6, 6.07) is 1.73. The minimum absolute atomic E-state index is 0.607. The second-order valence-electron chi connectivity index (χ2n) is 3.11. The van der Waals surface area contributed by atoms with Crippen molar-refractivity contribution in [3.63, 3.8) is 0 Å². The van der Waals surface area contributed by atoms with Crippen LogP contribution in [-0.2, 0) is 6.42 Å². The molecule has 0 fully saturated rings. The van der Waals surface area contributed by atoms with Crippen LogP contribution in [0.5, 0.6) is 17.2 Å². The minimum atomic E-state index is 0.607. The number of benzene rings is 1. The minimum Gasteiger partial charge on any atom is -0.493 e. The molecule has 0 unspecified atom stereocenters. The van der Waals surface area contributed by atoms with Gasteiger partial charge in [0.2, 0.25) is 0 Å². The lowest BCUT2D eigenvalue weighted by atomic mass is 10.1. The molecule has 1 aromatic rings. The van der Waals surface area contributed by atoms with Crippen molar-refractivity contribution >= 4 is 5.69 Å². The van der Waals surface area contributed by atoms with E-state index < -0.39 is 0 Å². The highest BCUT2D eigenvalue weighted by molar-refractivity contribution is 5.68. The first-order chi connectivity index (χ1) is 6.77. The lowest BCUT2D eigenvalue weighted by molar-refractivity contribution is 0.350. The first kappa shape index (κ1) is 8.99. The summed E-state index contributed by atoms with van der Waals surface area (Å²) < 4.78 is 15.9. The average Bonchev–Trinajstić information content (AvgIpc) is 2.66. The summed E-state index contributed by atoms with van der Waals surface area (Å²) in [5.41, 5.74) is 7.42. The quantitative estimate of drug-likeness (QED) is 0.721. The smallest absolute Gasteiger partial charge is 0.167 e. The Balaban J connectivity index is 2.62. The number of nitrogen functional groups attached to an aromatic ring is 1. The van der Waals surface area contributed by atoms with Crippen LogP contribution in [0, 0.1) is 0 Å². The zero-order chi connectivity index (χ0) is 10.1. The molecule has 2 N–H and O–H groups in total. The van der Waals surface area contributed by atoms with E-state index in [-0.39, 0.29) is 0 Å². The van der Waals surface area contributed by atoms with Crippen molar-refractivity contribution in [2.24, 2.45) is 0 Å². The van der Waals surface area contributed by atoms with Gasteiger partial charge in [0.25, 0.3) is 0 Å². The van der Waals surface area contributed by atoms with Crippen LogP contribution >= 0.6 is 0 Å². The van der Waals surface area contributed by atoms with Crippen LogP contribution < -0.4 is 19.9 Å². The fourth-order valence-corrected chi connectivity index (χ4v) is 1.73. The largest absolute Gasteiger partial charge is 0.493 e. The SMILES string of the molecule is COc1cc(N)c2c(c1OC)CCO2. The molecule has 1 aromatic carbocycles. The Hall–Kier alpha value is -1.58. The maximum atomic E-state index is 5.81. The van der Waals surface area contributed by atoms with Crippen molar-refractivity contribution in [1.29, 1.82) is 0 Å². The number of methoxy groups -OCH3 is 2. The van der Waals surface area contributed by atoms with Gasteiger partial charge in [0.15, 0.2) is 11.5 Å². The van der Waals surface area contributed by atoms with E-state index in [0.717, 1.165) is 23.5 Å². The van der Waals surface area contributed by atoms with E-state index in [1.807, 2.05) is 0 Å². The molecule has 0 atom stereocenters. The molecule has 0 aliphatic carbocycles. The van der Waals surface area contributed by atoms with Gasteiger partial charge in [-0.05, 0) is 0 Å². The molecule has 2 rings (SSSR count). The molecule has 1 aliphatic heterocycles. The van der Waals surface area contributed by atoms with Crippen LogP contribution in [0.1, 0.15) is 5.56 Å². The van der Waals surface area contributed by atoms with E-state index in [9.17, 15) is 0 Å². The molecule has 76 valence electrons. The number of ether oxygens (including phenoxy) is 3. The van der Waals surface area contributed by atoms with Gasteiger partial charge in [-0.15, -0.1) is 0 Å². The van der Waals surface area contributed by atoms with Crippen LogP contribution in [0.3, 0.4) is 0 Å². The standard InChI is InChI=1S/C10H13NO3/c1-12-8-5-7(11)9-6(3-4-14-9)10(8)13-2/h5H,3-4,11H2,1-2H3. The average molecular weight is 195 g/mol. The Labute approximate surface area is 82.6 Å². The summed E-state index contributed by atoms with van der Waals surface area (Å²) in [4.78, 5) is 0. The Morgan fingerprint density at radius 2 is 2.14 bits per heavy atom. The van der Waals surface area contributed by atoms with Gasteiger partial charge in [0.1, 0.15) is 5.75 Å². The van der Waals surface area contributed by atoms with Crippen molar-refractivity contribution in [3.05, 3.63) is 11.6 Å². The van der Waals surface area contributed by atoms with Crippen molar-refractivity contribution in [2.75, 3.05) is 26.6 Å². The van der Waals surface area contributed by atoms with E-state index in [0.29, 0.717) is 18.0 Å². The molecule has 4 heteroatoms. The molecule has 0 bridgehead atoms. The van der Waals surface area contributed by atoms with E-state index in [2.05, 4.69) is 0 Å². The first-order valence-electron chi connectivity index (χ1n) is 4.44. The van der Waals surface area contributed by atoms with Gasteiger partial charge in [-0.25, -0.2) is 0 Å². The fraction of sp³-hybridized carbons (Fsp3) is 0.400. The van der Waals surface area contributed by atoms with Gasteiger partial charge in [-0.2, -0.15) is 0 Å². The molecular weight excluding hydrogens is 182 g/mol. The molecule has 4 nitrogen and oxygen atoms in total. The molecular formula is C10H13NO3. The van der Waals surface area contributed by atoms with Crippen LogP contribution in [0.4, 0.5) is 5.69 Å². The third kappa shape index (κ3) is 1.14. The third-order valence-corrected chi connectivity index (χ3v) is 2.34. The number of anilines is 1. The number of hydrogen-bond acceptors (Lipinski definition) is 4. The molecule has 0 amide bonds. The maximum absolute atomic E-state index is 5.81. The Morgan fingerprint density at radius 1 is 1.36 bits per heavy atom. The predicted molar refractivity (Wildman–Crippen MR) is 53.2 cm³/mol. The summed E-state index contributed by atoms with van der Waals surface area (Å²) in [6.07, 6.45) is 0.819. The number of fused-ring (bicyclic) bond motifs is 1. The van der Waals surface area contributed by atoms with Crippen LogP contribution in [0.2, 0.25) is 0 Å². The molecule has 1 heterocycles.